The van der Waals surface area contributed by atoms with Gasteiger partial charge in [-0.2, -0.15) is 0 Å². The molecule has 1 N–H and O–H groups in total. The van der Waals surface area contributed by atoms with E-state index in [1.165, 1.54) is 0 Å². The Morgan fingerprint density at radius 1 is 1.00 bits per heavy atom. The third kappa shape index (κ3) is 3.70. The SMILES string of the molecule is CC(=O)C1=C(O)C(=C2C=C(C(C)(C)C)C(=O)C(C(C)(C)C)=C2)C=[N+]([O-])C1=O. The van der Waals surface area contributed by atoms with Crippen LogP contribution in [0.5, 0.6) is 0 Å². The van der Waals surface area contributed by atoms with Gasteiger partial charge >= 0.3 is 5.91 Å². The molecule has 0 aromatic rings. The molecule has 0 aromatic carbocycles. The minimum atomic E-state index is -1.10. The predicted octanol–water partition coefficient (Wildman–Crippen LogP) is 3.33. The summed E-state index contributed by atoms with van der Waals surface area (Å²) in [5.74, 6) is -2.44. The van der Waals surface area contributed by atoms with Gasteiger partial charge in [0.15, 0.2) is 29.1 Å². The monoisotopic (exact) mass is 371 g/mol. The number of hydrogen-bond donors (Lipinski definition) is 1. The minimum Gasteiger partial charge on any atom is -0.616 e. The van der Waals surface area contributed by atoms with Gasteiger partial charge in [0, 0.05) is 11.1 Å². The number of aliphatic hydroxyl groups excluding tert-OH is 1. The molecule has 0 unspecified atom stereocenters. The predicted molar refractivity (Wildman–Crippen MR) is 102 cm³/mol. The Labute approximate surface area is 158 Å². The summed E-state index contributed by atoms with van der Waals surface area (Å²) >= 11 is 0. The highest BCUT2D eigenvalue weighted by molar-refractivity contribution is 6.20. The maximum atomic E-state index is 13.0. The normalized spacial score (nSPS) is 19.1. The molecule has 1 aliphatic carbocycles. The molecule has 0 saturated heterocycles. The van der Waals surface area contributed by atoms with Crippen molar-refractivity contribution in [2.24, 2.45) is 10.8 Å². The fourth-order valence-corrected chi connectivity index (χ4v) is 3.01. The molecule has 1 aliphatic heterocycles. The van der Waals surface area contributed by atoms with Crippen LogP contribution < -0.4 is 0 Å². The average molecular weight is 371 g/mol. The third-order valence-electron chi connectivity index (χ3n) is 4.52. The van der Waals surface area contributed by atoms with Crippen LogP contribution in [0.15, 0.2) is 45.8 Å². The lowest BCUT2D eigenvalue weighted by atomic mass is 9.71. The van der Waals surface area contributed by atoms with Crippen molar-refractivity contribution >= 4 is 23.7 Å². The standard InChI is InChI=1S/C21H25NO5/c1-11(23)16-17(24)13(10-22(27)19(16)26)12-8-14(20(2,3)4)18(25)15(9-12)21(5,6)7/h8-10,24H,1-7H3. The number of rotatable bonds is 1. The van der Waals surface area contributed by atoms with E-state index < -0.39 is 33.9 Å². The number of hydrogen-bond acceptors (Lipinski definition) is 5. The Hall–Kier alpha value is -2.76. The quantitative estimate of drug-likeness (QED) is 0.433. The first-order valence-electron chi connectivity index (χ1n) is 8.69. The first-order chi connectivity index (χ1) is 12.2. The van der Waals surface area contributed by atoms with Crippen molar-refractivity contribution in [3.05, 3.63) is 51.0 Å². The molecular formula is C21H25NO5. The number of Topliss-reactive ketones (excluding diaryl/α,β-unsaturated/α-hetero) is 2. The Kier molecular flexibility index (Phi) is 4.90. The highest BCUT2D eigenvalue weighted by Crippen LogP contribution is 2.40. The van der Waals surface area contributed by atoms with E-state index >= 15 is 0 Å². The second-order valence-corrected chi connectivity index (χ2v) is 8.85. The van der Waals surface area contributed by atoms with Crippen LogP contribution in [0.25, 0.3) is 0 Å². The van der Waals surface area contributed by atoms with Crippen LogP contribution in [0.1, 0.15) is 48.5 Å². The Morgan fingerprint density at radius 3 is 1.81 bits per heavy atom. The number of allylic oxidation sites excluding steroid dienone is 6. The summed E-state index contributed by atoms with van der Waals surface area (Å²) in [7, 11) is 0. The largest absolute Gasteiger partial charge is 0.616 e. The van der Waals surface area contributed by atoms with E-state index in [4.69, 9.17) is 0 Å². The lowest BCUT2D eigenvalue weighted by Crippen LogP contribution is -2.31. The molecule has 0 atom stereocenters. The van der Waals surface area contributed by atoms with E-state index in [2.05, 4.69) is 0 Å². The summed E-state index contributed by atoms with van der Waals surface area (Å²) in [4.78, 5) is 36.7. The van der Waals surface area contributed by atoms with Gasteiger partial charge < -0.3 is 10.3 Å². The van der Waals surface area contributed by atoms with Crippen molar-refractivity contribution in [3.63, 3.8) is 0 Å². The van der Waals surface area contributed by atoms with Crippen molar-refractivity contribution in [2.45, 2.75) is 48.5 Å². The van der Waals surface area contributed by atoms with Crippen LogP contribution in [0, 0.1) is 16.0 Å². The van der Waals surface area contributed by atoms with Gasteiger partial charge in [-0.3, -0.25) is 9.59 Å². The topological polar surface area (TPSA) is 97.5 Å². The highest BCUT2D eigenvalue weighted by Gasteiger charge is 2.38. The molecule has 2 rings (SSSR count). The first-order valence-corrected chi connectivity index (χ1v) is 8.69. The van der Waals surface area contributed by atoms with Crippen LogP contribution in [-0.4, -0.2) is 33.5 Å². The summed E-state index contributed by atoms with van der Waals surface area (Å²) in [5.41, 5.74) is 0.00800. The van der Waals surface area contributed by atoms with E-state index in [1.807, 2.05) is 41.5 Å². The third-order valence-corrected chi connectivity index (χ3v) is 4.52. The molecule has 27 heavy (non-hydrogen) atoms. The molecule has 6 heteroatoms. The molecule has 0 radical (unpaired) electrons. The van der Waals surface area contributed by atoms with Crippen LogP contribution in [0.2, 0.25) is 0 Å². The second kappa shape index (κ2) is 6.44. The highest BCUT2D eigenvalue weighted by atomic mass is 16.5. The zero-order valence-corrected chi connectivity index (χ0v) is 16.8. The lowest BCUT2D eigenvalue weighted by Gasteiger charge is -2.31. The summed E-state index contributed by atoms with van der Waals surface area (Å²) in [5, 5.41) is 22.5. The number of ketones is 2. The molecule has 0 aromatic heterocycles. The first kappa shape index (κ1) is 20.6. The molecule has 144 valence electrons. The summed E-state index contributed by atoms with van der Waals surface area (Å²) in [6.07, 6.45) is 4.17. The number of amides is 1. The van der Waals surface area contributed by atoms with Gasteiger partial charge in [0.05, 0.1) is 5.57 Å². The van der Waals surface area contributed by atoms with Gasteiger partial charge in [-0.05, 0) is 35.5 Å². The molecule has 0 spiro atoms. The summed E-state index contributed by atoms with van der Waals surface area (Å²) < 4.78 is 0.0322. The van der Waals surface area contributed by atoms with Gasteiger partial charge in [-0.1, -0.05) is 41.5 Å². The maximum absolute atomic E-state index is 13.0. The number of nitrogens with zero attached hydrogens (tertiary/aromatic N) is 1. The van der Waals surface area contributed by atoms with Gasteiger partial charge in [-0.25, -0.2) is 4.79 Å². The Morgan fingerprint density at radius 2 is 1.44 bits per heavy atom. The zero-order chi connectivity index (χ0) is 20.9. The van der Waals surface area contributed by atoms with Gasteiger partial charge in [0.25, 0.3) is 0 Å². The van der Waals surface area contributed by atoms with Crippen molar-refractivity contribution in [2.75, 3.05) is 0 Å². The number of hydroxylamine groups is 1. The molecule has 0 fully saturated rings. The van der Waals surface area contributed by atoms with Crippen molar-refractivity contribution in [1.29, 1.82) is 0 Å². The minimum absolute atomic E-state index is 0.0322. The van der Waals surface area contributed by atoms with Gasteiger partial charge in [-0.15, -0.1) is 4.74 Å². The van der Waals surface area contributed by atoms with E-state index in [-0.39, 0.29) is 16.1 Å². The van der Waals surface area contributed by atoms with E-state index in [1.54, 1.807) is 12.2 Å². The van der Waals surface area contributed by atoms with Crippen molar-refractivity contribution in [3.8, 4) is 0 Å². The number of carbonyl (C=O) groups is 3. The molecule has 1 heterocycles. The molecule has 2 aliphatic rings. The summed E-state index contributed by atoms with van der Waals surface area (Å²) in [6.45, 7) is 12.5. The molecule has 6 nitrogen and oxygen atoms in total. The Balaban J connectivity index is 2.89. The molecule has 1 amide bonds. The lowest BCUT2D eigenvalue weighted by molar-refractivity contribution is -0.373. The molecular weight excluding hydrogens is 346 g/mol. The van der Waals surface area contributed by atoms with E-state index in [9.17, 15) is 24.7 Å². The zero-order valence-electron chi connectivity index (χ0n) is 16.8. The van der Waals surface area contributed by atoms with Crippen LogP contribution in [0.4, 0.5) is 0 Å². The van der Waals surface area contributed by atoms with Gasteiger partial charge in [0.1, 0.15) is 0 Å². The van der Waals surface area contributed by atoms with E-state index in [0.29, 0.717) is 16.7 Å². The van der Waals surface area contributed by atoms with Crippen molar-refractivity contribution < 1.29 is 24.2 Å². The average Bonchev–Trinajstić information content (AvgIpc) is 2.49. The summed E-state index contributed by atoms with van der Waals surface area (Å²) in [6, 6.07) is 0. The fraction of sp³-hybridized carbons (Fsp3) is 0.429. The van der Waals surface area contributed by atoms with Crippen LogP contribution in [0.3, 0.4) is 0 Å². The molecule has 0 bridgehead atoms. The smallest absolute Gasteiger partial charge is 0.437 e. The number of carbonyl (C=O) groups excluding carboxylic acids is 3. The van der Waals surface area contributed by atoms with Crippen LogP contribution in [-0.2, 0) is 14.4 Å². The Bertz CT molecular complexity index is 873. The number of aliphatic hydroxyl groups is 1. The van der Waals surface area contributed by atoms with E-state index in [0.717, 1.165) is 13.1 Å². The molecule has 0 saturated carbocycles. The fourth-order valence-electron chi connectivity index (χ4n) is 3.01. The van der Waals surface area contributed by atoms with Gasteiger partial charge in [0.2, 0.25) is 0 Å². The maximum Gasteiger partial charge on any atom is 0.437 e. The van der Waals surface area contributed by atoms with Crippen molar-refractivity contribution in [1.82, 2.24) is 0 Å². The second-order valence-electron chi connectivity index (χ2n) is 8.85. The van der Waals surface area contributed by atoms with Crippen LogP contribution >= 0.6 is 0 Å².